The average Bonchev–Trinajstić information content (AvgIpc) is 3.10. The molecule has 2 atom stereocenters. The van der Waals surface area contributed by atoms with Crippen molar-refractivity contribution in [2.24, 2.45) is 5.92 Å². The van der Waals surface area contributed by atoms with E-state index in [-0.39, 0.29) is 6.04 Å². The summed E-state index contributed by atoms with van der Waals surface area (Å²) in [5.74, 6) is 1.75. The van der Waals surface area contributed by atoms with Gasteiger partial charge in [-0.15, -0.1) is 0 Å². The number of rotatable bonds is 4. The molecule has 150 valence electrons. The summed E-state index contributed by atoms with van der Waals surface area (Å²) < 4.78 is 45.1. The molecule has 4 rings (SSSR count). The van der Waals surface area contributed by atoms with E-state index in [9.17, 15) is 13.2 Å². The number of fused-ring (bicyclic) bond motifs is 1. The lowest BCUT2D eigenvalue weighted by Crippen LogP contribution is -2.48. The van der Waals surface area contributed by atoms with Crippen molar-refractivity contribution < 1.29 is 17.9 Å². The molecular formula is C20H23F3N4O. The minimum atomic E-state index is -4.33. The van der Waals surface area contributed by atoms with Crippen molar-refractivity contribution in [2.75, 3.05) is 31.6 Å². The van der Waals surface area contributed by atoms with E-state index >= 15 is 0 Å². The van der Waals surface area contributed by atoms with Gasteiger partial charge >= 0.3 is 6.18 Å². The van der Waals surface area contributed by atoms with Gasteiger partial charge in [0.15, 0.2) is 5.75 Å². The average molecular weight is 392 g/mol. The first kappa shape index (κ1) is 19.0. The molecule has 0 aliphatic carbocycles. The van der Waals surface area contributed by atoms with Gasteiger partial charge < -0.3 is 9.64 Å². The maximum atomic E-state index is 13.3. The summed E-state index contributed by atoms with van der Waals surface area (Å²) in [4.78, 5) is 13.0. The SMILES string of the molecule is COc1cnc(N2CCC3CCN(Cc4ccccc4C(F)(F)F)C3C2)nc1. The first-order valence-corrected chi connectivity index (χ1v) is 9.46. The molecule has 5 nitrogen and oxygen atoms in total. The zero-order valence-electron chi connectivity index (χ0n) is 15.7. The van der Waals surface area contributed by atoms with Crippen molar-refractivity contribution in [1.29, 1.82) is 0 Å². The Kier molecular flexibility index (Phi) is 5.14. The van der Waals surface area contributed by atoms with Gasteiger partial charge in [0.1, 0.15) is 0 Å². The number of hydrogen-bond donors (Lipinski definition) is 0. The number of anilines is 1. The van der Waals surface area contributed by atoms with Crippen molar-refractivity contribution in [2.45, 2.75) is 31.6 Å². The molecule has 2 fully saturated rings. The predicted octanol–water partition coefficient (Wildman–Crippen LogP) is 3.60. The third-order valence-corrected chi connectivity index (χ3v) is 5.81. The maximum absolute atomic E-state index is 13.3. The molecular weight excluding hydrogens is 369 g/mol. The van der Waals surface area contributed by atoms with Gasteiger partial charge in [0, 0.05) is 25.7 Å². The molecule has 0 amide bonds. The van der Waals surface area contributed by atoms with E-state index in [1.165, 1.54) is 12.1 Å². The summed E-state index contributed by atoms with van der Waals surface area (Å²) in [5, 5.41) is 0. The van der Waals surface area contributed by atoms with Crippen LogP contribution in [0.2, 0.25) is 0 Å². The fraction of sp³-hybridized carbons (Fsp3) is 0.500. The van der Waals surface area contributed by atoms with Crippen LogP contribution in [0.4, 0.5) is 19.1 Å². The number of alkyl halides is 3. The molecule has 0 radical (unpaired) electrons. The van der Waals surface area contributed by atoms with E-state index in [4.69, 9.17) is 4.74 Å². The number of aromatic nitrogens is 2. The lowest BCUT2D eigenvalue weighted by atomic mass is 9.92. The quantitative estimate of drug-likeness (QED) is 0.795. The number of hydrogen-bond acceptors (Lipinski definition) is 5. The molecule has 2 saturated heterocycles. The summed E-state index contributed by atoms with van der Waals surface area (Å²) in [6.45, 7) is 2.72. The number of benzene rings is 1. The van der Waals surface area contributed by atoms with Gasteiger partial charge in [-0.05, 0) is 36.9 Å². The maximum Gasteiger partial charge on any atom is 0.416 e. The Hall–Kier alpha value is -2.35. The van der Waals surface area contributed by atoms with Gasteiger partial charge in [0.25, 0.3) is 0 Å². The van der Waals surface area contributed by atoms with Crippen LogP contribution in [0.15, 0.2) is 36.7 Å². The number of likely N-dealkylation sites (tertiary alicyclic amines) is 1. The second-order valence-electron chi connectivity index (χ2n) is 7.40. The molecule has 3 heterocycles. The Balaban J connectivity index is 1.50. The third kappa shape index (κ3) is 3.78. The van der Waals surface area contributed by atoms with Crippen molar-refractivity contribution >= 4 is 5.95 Å². The van der Waals surface area contributed by atoms with Crippen LogP contribution < -0.4 is 9.64 Å². The fourth-order valence-electron chi connectivity index (χ4n) is 4.34. The summed E-state index contributed by atoms with van der Waals surface area (Å²) in [6, 6.07) is 6.09. The van der Waals surface area contributed by atoms with Crippen molar-refractivity contribution in [3.8, 4) is 5.75 Å². The van der Waals surface area contributed by atoms with Gasteiger partial charge in [-0.1, -0.05) is 18.2 Å². The first-order valence-electron chi connectivity index (χ1n) is 9.46. The lowest BCUT2D eigenvalue weighted by Gasteiger charge is -2.38. The highest BCUT2D eigenvalue weighted by molar-refractivity contribution is 5.34. The van der Waals surface area contributed by atoms with Crippen LogP contribution in [0, 0.1) is 5.92 Å². The number of nitrogens with zero attached hydrogens (tertiary/aromatic N) is 4. The summed E-state index contributed by atoms with van der Waals surface area (Å²) in [6.07, 6.45) is 0.972. The van der Waals surface area contributed by atoms with E-state index in [1.807, 2.05) is 0 Å². The van der Waals surface area contributed by atoms with Crippen molar-refractivity contribution in [3.63, 3.8) is 0 Å². The zero-order chi connectivity index (χ0) is 19.7. The number of methoxy groups -OCH3 is 1. The van der Waals surface area contributed by atoms with E-state index in [1.54, 1.807) is 31.6 Å². The standard InChI is InChI=1S/C20H23F3N4O/c1-28-16-10-24-19(25-11-16)27-9-7-14-6-8-26(18(14)13-27)12-15-4-2-3-5-17(15)20(21,22)23/h2-5,10-11,14,18H,6-9,12-13H2,1H3. The van der Waals surface area contributed by atoms with E-state index < -0.39 is 11.7 Å². The molecule has 2 aromatic rings. The minimum absolute atomic E-state index is 0.209. The highest BCUT2D eigenvalue weighted by Gasteiger charge is 2.40. The highest BCUT2D eigenvalue weighted by atomic mass is 19.4. The normalized spacial score (nSPS) is 22.9. The van der Waals surface area contributed by atoms with Crippen LogP contribution in [-0.4, -0.2) is 47.7 Å². The Labute approximate surface area is 162 Å². The highest BCUT2D eigenvalue weighted by Crippen LogP contribution is 2.36. The van der Waals surface area contributed by atoms with Crippen LogP contribution in [0.1, 0.15) is 24.0 Å². The first-order chi connectivity index (χ1) is 13.5. The molecule has 0 spiro atoms. The number of ether oxygens (including phenoxy) is 1. The van der Waals surface area contributed by atoms with Crippen LogP contribution >= 0.6 is 0 Å². The molecule has 2 aliphatic heterocycles. The molecule has 0 bridgehead atoms. The lowest BCUT2D eigenvalue weighted by molar-refractivity contribution is -0.138. The predicted molar refractivity (Wildman–Crippen MR) is 99.2 cm³/mol. The minimum Gasteiger partial charge on any atom is -0.494 e. The van der Waals surface area contributed by atoms with Crippen LogP contribution in [0.3, 0.4) is 0 Å². The Morgan fingerprint density at radius 3 is 2.54 bits per heavy atom. The largest absolute Gasteiger partial charge is 0.494 e. The molecule has 2 unspecified atom stereocenters. The molecule has 1 aromatic carbocycles. The summed E-state index contributed by atoms with van der Waals surface area (Å²) in [5.41, 5.74) is -0.196. The Morgan fingerprint density at radius 1 is 1.11 bits per heavy atom. The monoisotopic (exact) mass is 392 g/mol. The van der Waals surface area contributed by atoms with Crippen LogP contribution in [0.5, 0.6) is 5.75 Å². The fourth-order valence-corrected chi connectivity index (χ4v) is 4.34. The van der Waals surface area contributed by atoms with Crippen LogP contribution in [0.25, 0.3) is 0 Å². The molecule has 1 aromatic heterocycles. The van der Waals surface area contributed by atoms with Gasteiger partial charge in [-0.2, -0.15) is 13.2 Å². The topological polar surface area (TPSA) is 41.5 Å². The number of halogens is 3. The van der Waals surface area contributed by atoms with Gasteiger partial charge in [-0.3, -0.25) is 4.90 Å². The molecule has 0 saturated carbocycles. The molecule has 2 aliphatic rings. The molecule has 28 heavy (non-hydrogen) atoms. The van der Waals surface area contributed by atoms with E-state index in [2.05, 4.69) is 19.8 Å². The molecule has 8 heteroatoms. The summed E-state index contributed by atoms with van der Waals surface area (Å²) in [7, 11) is 1.57. The smallest absolute Gasteiger partial charge is 0.416 e. The number of piperidine rings is 1. The van der Waals surface area contributed by atoms with Crippen molar-refractivity contribution in [1.82, 2.24) is 14.9 Å². The molecule has 0 N–H and O–H groups in total. The third-order valence-electron chi connectivity index (χ3n) is 5.81. The Bertz CT molecular complexity index is 812. The van der Waals surface area contributed by atoms with Gasteiger partial charge in [-0.25, -0.2) is 9.97 Å². The Morgan fingerprint density at radius 2 is 1.82 bits per heavy atom. The van der Waals surface area contributed by atoms with Crippen LogP contribution in [-0.2, 0) is 12.7 Å². The van der Waals surface area contributed by atoms with Crippen molar-refractivity contribution in [3.05, 3.63) is 47.8 Å². The summed E-state index contributed by atoms with van der Waals surface area (Å²) >= 11 is 0. The second kappa shape index (κ2) is 7.58. The second-order valence-corrected chi connectivity index (χ2v) is 7.40. The van der Waals surface area contributed by atoms with E-state index in [0.29, 0.717) is 29.7 Å². The zero-order valence-corrected chi connectivity index (χ0v) is 15.7. The van der Waals surface area contributed by atoms with E-state index in [0.717, 1.165) is 32.5 Å². The van der Waals surface area contributed by atoms with Gasteiger partial charge in [0.05, 0.1) is 25.1 Å². The van der Waals surface area contributed by atoms with Gasteiger partial charge in [0.2, 0.25) is 5.95 Å².